The van der Waals surface area contributed by atoms with Crippen LogP contribution in [0.5, 0.6) is 0 Å². The number of benzene rings is 1. The van der Waals surface area contributed by atoms with Crippen LogP contribution in [-0.2, 0) is 11.2 Å². The molecule has 1 aliphatic rings. The summed E-state index contributed by atoms with van der Waals surface area (Å²) in [6.45, 7) is 6.37. The van der Waals surface area contributed by atoms with Crippen molar-refractivity contribution in [2.24, 2.45) is 0 Å². The first-order valence-electron chi connectivity index (χ1n) is 8.34. The highest BCUT2D eigenvalue weighted by atomic mass is 32.1. The molecule has 2 heterocycles. The van der Waals surface area contributed by atoms with E-state index in [-0.39, 0.29) is 11.9 Å². The van der Waals surface area contributed by atoms with E-state index in [1.807, 2.05) is 11.3 Å². The lowest BCUT2D eigenvalue weighted by Crippen LogP contribution is -2.44. The van der Waals surface area contributed by atoms with Crippen molar-refractivity contribution in [2.75, 3.05) is 19.6 Å². The average Bonchev–Trinajstić information content (AvgIpc) is 3.03. The monoisotopic (exact) mass is 328 g/mol. The van der Waals surface area contributed by atoms with Crippen molar-refractivity contribution in [3.8, 4) is 0 Å². The highest BCUT2D eigenvalue weighted by Crippen LogP contribution is 2.38. The molecule has 0 spiro atoms. The number of hydrogen-bond donors (Lipinski definition) is 1. The summed E-state index contributed by atoms with van der Waals surface area (Å²) < 4.78 is 0. The summed E-state index contributed by atoms with van der Waals surface area (Å²) in [6.07, 6.45) is 2.01. The molecule has 0 aliphatic carbocycles. The number of carbonyl (C=O) groups is 1. The molecule has 0 fully saturated rings. The van der Waals surface area contributed by atoms with Crippen LogP contribution in [0.1, 0.15) is 41.0 Å². The number of thiophene rings is 1. The van der Waals surface area contributed by atoms with Crippen LogP contribution >= 0.6 is 11.3 Å². The Bertz CT molecular complexity index is 680. The predicted molar refractivity (Wildman–Crippen MR) is 95.9 cm³/mol. The van der Waals surface area contributed by atoms with E-state index in [2.05, 4.69) is 59.8 Å². The third-order valence-electron chi connectivity index (χ3n) is 4.47. The molecule has 0 bridgehead atoms. The Morgan fingerprint density at radius 3 is 2.91 bits per heavy atom. The zero-order valence-corrected chi connectivity index (χ0v) is 14.7. The lowest BCUT2D eigenvalue weighted by Gasteiger charge is -2.37. The van der Waals surface area contributed by atoms with E-state index in [1.165, 1.54) is 21.6 Å². The molecule has 1 amide bonds. The van der Waals surface area contributed by atoms with Gasteiger partial charge in [-0.15, -0.1) is 11.3 Å². The first-order valence-corrected chi connectivity index (χ1v) is 9.22. The maximum atomic E-state index is 12.8. The second kappa shape index (κ2) is 7.28. The van der Waals surface area contributed by atoms with Crippen LogP contribution in [0.4, 0.5) is 0 Å². The molecule has 0 radical (unpaired) electrons. The number of nitrogens with zero attached hydrogens (tertiary/aromatic N) is 1. The number of carbonyl (C=O) groups excluding carboxylic acids is 1. The predicted octanol–water partition coefficient (Wildman–Crippen LogP) is 3.53. The van der Waals surface area contributed by atoms with Crippen LogP contribution in [0.3, 0.4) is 0 Å². The minimum atomic E-state index is 0.0575. The number of hydrogen-bond acceptors (Lipinski definition) is 3. The molecule has 3 rings (SSSR count). The first kappa shape index (κ1) is 16.2. The molecule has 3 nitrogen and oxygen atoms in total. The molecule has 23 heavy (non-hydrogen) atoms. The smallest absolute Gasteiger partial charge is 0.237 e. The van der Waals surface area contributed by atoms with Crippen LogP contribution in [0, 0.1) is 6.92 Å². The van der Waals surface area contributed by atoms with Gasteiger partial charge in [-0.2, -0.15) is 0 Å². The van der Waals surface area contributed by atoms with Gasteiger partial charge in [0.1, 0.15) is 0 Å². The molecule has 1 aromatic carbocycles. The third-order valence-corrected chi connectivity index (χ3v) is 5.47. The summed E-state index contributed by atoms with van der Waals surface area (Å²) in [5.74, 6) is 0.198. The second-order valence-corrected chi connectivity index (χ2v) is 7.07. The Hall–Kier alpha value is -1.65. The van der Waals surface area contributed by atoms with E-state index < -0.39 is 0 Å². The van der Waals surface area contributed by atoms with E-state index in [4.69, 9.17) is 0 Å². The van der Waals surface area contributed by atoms with Gasteiger partial charge in [-0.3, -0.25) is 4.79 Å². The molecule has 0 saturated heterocycles. The summed E-state index contributed by atoms with van der Waals surface area (Å²) in [4.78, 5) is 16.2. The van der Waals surface area contributed by atoms with Gasteiger partial charge in [0.25, 0.3) is 0 Å². The molecule has 0 saturated carbocycles. The molecule has 1 atom stereocenters. The lowest BCUT2D eigenvalue weighted by atomic mass is 9.90. The van der Waals surface area contributed by atoms with Crippen LogP contribution in [0.2, 0.25) is 0 Å². The topological polar surface area (TPSA) is 32.3 Å². The van der Waals surface area contributed by atoms with Crippen LogP contribution in [-0.4, -0.2) is 30.4 Å². The Kier molecular flexibility index (Phi) is 5.13. The number of fused-ring (bicyclic) bond motifs is 1. The quantitative estimate of drug-likeness (QED) is 0.852. The molecule has 2 aromatic rings. The van der Waals surface area contributed by atoms with Crippen LogP contribution in [0.15, 0.2) is 35.7 Å². The standard InChI is InChI=1S/C19H24N2OS/c1-3-10-20-13-18(22)21-11-8-17-16(9-12-23-17)19(21)15-7-5-4-6-14(15)2/h4-7,9,12,19-20H,3,8,10-11,13H2,1-2H3. The largest absolute Gasteiger partial charge is 0.330 e. The number of rotatable bonds is 5. The van der Waals surface area contributed by atoms with Gasteiger partial charge in [0.2, 0.25) is 5.91 Å². The number of aryl methyl sites for hydroxylation is 1. The fourth-order valence-corrected chi connectivity index (χ4v) is 4.19. The Morgan fingerprint density at radius 1 is 1.30 bits per heavy atom. The fourth-order valence-electron chi connectivity index (χ4n) is 3.29. The van der Waals surface area contributed by atoms with Gasteiger partial charge in [-0.05, 0) is 54.4 Å². The second-order valence-electron chi connectivity index (χ2n) is 6.07. The number of amides is 1. The molecule has 4 heteroatoms. The highest BCUT2D eigenvalue weighted by molar-refractivity contribution is 7.10. The summed E-state index contributed by atoms with van der Waals surface area (Å²) in [5, 5.41) is 5.40. The zero-order valence-electron chi connectivity index (χ0n) is 13.8. The van der Waals surface area contributed by atoms with Gasteiger partial charge in [0.15, 0.2) is 0 Å². The van der Waals surface area contributed by atoms with E-state index in [1.54, 1.807) is 0 Å². The van der Waals surface area contributed by atoms with Crippen molar-refractivity contribution in [1.29, 1.82) is 0 Å². The van der Waals surface area contributed by atoms with Gasteiger partial charge in [-0.1, -0.05) is 31.2 Å². The minimum absolute atomic E-state index is 0.0575. The lowest BCUT2D eigenvalue weighted by molar-refractivity contribution is -0.132. The van der Waals surface area contributed by atoms with Gasteiger partial charge < -0.3 is 10.2 Å². The van der Waals surface area contributed by atoms with Gasteiger partial charge in [0, 0.05) is 11.4 Å². The van der Waals surface area contributed by atoms with Crippen molar-refractivity contribution >= 4 is 17.2 Å². The van der Waals surface area contributed by atoms with Crippen molar-refractivity contribution in [3.63, 3.8) is 0 Å². The Balaban J connectivity index is 1.93. The SMILES string of the molecule is CCCNCC(=O)N1CCc2sccc2C1c1ccccc1C. The minimum Gasteiger partial charge on any atom is -0.330 e. The highest BCUT2D eigenvalue weighted by Gasteiger charge is 2.33. The summed E-state index contributed by atoms with van der Waals surface area (Å²) in [6, 6.07) is 10.7. The van der Waals surface area contributed by atoms with E-state index in [9.17, 15) is 4.79 Å². The fraction of sp³-hybridized carbons (Fsp3) is 0.421. The van der Waals surface area contributed by atoms with Crippen molar-refractivity contribution in [1.82, 2.24) is 10.2 Å². The van der Waals surface area contributed by atoms with Crippen LogP contribution < -0.4 is 5.32 Å². The third kappa shape index (κ3) is 3.33. The van der Waals surface area contributed by atoms with E-state index in [0.29, 0.717) is 6.54 Å². The van der Waals surface area contributed by atoms with Crippen molar-refractivity contribution in [3.05, 3.63) is 57.3 Å². The van der Waals surface area contributed by atoms with Crippen molar-refractivity contribution in [2.45, 2.75) is 32.7 Å². The first-order chi connectivity index (χ1) is 11.2. The van der Waals surface area contributed by atoms with Gasteiger partial charge >= 0.3 is 0 Å². The zero-order chi connectivity index (χ0) is 16.2. The summed E-state index contributed by atoms with van der Waals surface area (Å²) >= 11 is 1.81. The summed E-state index contributed by atoms with van der Waals surface area (Å²) in [7, 11) is 0. The normalized spacial score (nSPS) is 17.1. The molecule has 1 aliphatic heterocycles. The van der Waals surface area contributed by atoms with E-state index >= 15 is 0 Å². The molecule has 1 N–H and O–H groups in total. The Labute approximate surface area is 142 Å². The number of nitrogens with one attached hydrogen (secondary N) is 1. The van der Waals surface area contributed by atoms with Crippen molar-refractivity contribution < 1.29 is 4.79 Å². The Morgan fingerprint density at radius 2 is 2.13 bits per heavy atom. The van der Waals surface area contributed by atoms with Gasteiger partial charge in [0.05, 0.1) is 12.6 Å². The summed E-state index contributed by atoms with van der Waals surface area (Å²) in [5.41, 5.74) is 3.80. The van der Waals surface area contributed by atoms with Gasteiger partial charge in [-0.25, -0.2) is 0 Å². The van der Waals surface area contributed by atoms with Crippen LogP contribution in [0.25, 0.3) is 0 Å². The maximum Gasteiger partial charge on any atom is 0.237 e. The maximum absolute atomic E-state index is 12.8. The van der Waals surface area contributed by atoms with E-state index in [0.717, 1.165) is 25.9 Å². The molecule has 1 aromatic heterocycles. The average molecular weight is 328 g/mol. The molecule has 122 valence electrons. The molecular formula is C19H24N2OS. The molecule has 1 unspecified atom stereocenters. The molecular weight excluding hydrogens is 304 g/mol.